The lowest BCUT2D eigenvalue weighted by Crippen LogP contribution is -2.17. The highest BCUT2D eigenvalue weighted by Crippen LogP contribution is 2.37. The summed E-state index contributed by atoms with van der Waals surface area (Å²) in [5.74, 6) is -0.349. The number of carbonyl (C=O) groups excluding carboxylic acids is 2. The molecule has 0 fully saturated rings. The summed E-state index contributed by atoms with van der Waals surface area (Å²) >= 11 is 0. The summed E-state index contributed by atoms with van der Waals surface area (Å²) in [6.07, 6.45) is 16.5. The maximum atomic E-state index is 12.9. The molecule has 0 saturated heterocycles. The van der Waals surface area contributed by atoms with Crippen molar-refractivity contribution in [3.05, 3.63) is 78.7 Å². The van der Waals surface area contributed by atoms with Crippen molar-refractivity contribution in [1.82, 2.24) is 9.97 Å². The van der Waals surface area contributed by atoms with E-state index in [1.54, 1.807) is 0 Å². The van der Waals surface area contributed by atoms with Crippen LogP contribution in [-0.2, 0) is 31.9 Å². The number of ether oxygens (including phenoxy) is 2. The average Bonchev–Trinajstić information content (AvgIpc) is 3.74. The second-order valence-electron chi connectivity index (χ2n) is 16.0. The van der Waals surface area contributed by atoms with Crippen LogP contribution in [0.1, 0.15) is 171 Å². The van der Waals surface area contributed by atoms with Crippen molar-refractivity contribution in [1.29, 1.82) is 0 Å². The van der Waals surface area contributed by atoms with Gasteiger partial charge in [-0.1, -0.05) is 52.4 Å². The Morgan fingerprint density at radius 1 is 0.600 bits per heavy atom. The van der Waals surface area contributed by atoms with Crippen LogP contribution in [0.5, 0.6) is 0 Å². The van der Waals surface area contributed by atoms with Gasteiger partial charge in [-0.05, 0) is 152 Å². The van der Waals surface area contributed by atoms with E-state index in [0.717, 1.165) is 111 Å². The Morgan fingerprint density at radius 2 is 0.982 bits per heavy atom. The smallest absolute Gasteiger partial charge is 0.310 e. The highest BCUT2D eigenvalue weighted by molar-refractivity contribution is 6.09. The Balaban J connectivity index is 1.46. The number of esters is 2. The van der Waals surface area contributed by atoms with E-state index in [-0.39, 0.29) is 37.0 Å². The third-order valence-electron chi connectivity index (χ3n) is 11.5. The number of unbranched alkanes of at least 4 members (excludes halogenated alkanes) is 6. The van der Waals surface area contributed by atoms with Crippen molar-refractivity contribution < 1.29 is 19.1 Å². The molecule has 0 unspecified atom stereocenters. The number of aliphatic imine (C=N–C) groups is 2. The first-order valence-corrected chi connectivity index (χ1v) is 20.8. The van der Waals surface area contributed by atoms with Crippen LogP contribution in [0.25, 0.3) is 12.2 Å². The maximum Gasteiger partial charge on any atom is 0.310 e. The molecular formula is C47H68N4O4. The van der Waals surface area contributed by atoms with Gasteiger partial charge in [0.1, 0.15) is 0 Å². The number of aromatic amines is 2. The summed E-state index contributed by atoms with van der Waals surface area (Å²) in [6.45, 7) is 25.0. The number of rotatable bonds is 20. The van der Waals surface area contributed by atoms with E-state index in [0.29, 0.717) is 0 Å². The molecule has 0 saturated carbocycles. The Morgan fingerprint density at radius 3 is 1.35 bits per heavy atom. The molecule has 300 valence electrons. The van der Waals surface area contributed by atoms with Gasteiger partial charge >= 0.3 is 11.9 Å². The second kappa shape index (κ2) is 20.1. The molecule has 0 spiro atoms. The number of aryl methyl sites for hydroxylation is 2. The molecule has 0 amide bonds. The summed E-state index contributed by atoms with van der Waals surface area (Å²) in [5, 5.41) is 0. The van der Waals surface area contributed by atoms with Gasteiger partial charge in [0.2, 0.25) is 0 Å². The lowest BCUT2D eigenvalue weighted by molar-refractivity contribution is -0.148. The zero-order valence-electron chi connectivity index (χ0n) is 36.0. The monoisotopic (exact) mass is 753 g/mol. The summed E-state index contributed by atoms with van der Waals surface area (Å²) in [6, 6.07) is 0. The number of hydrogen-bond acceptors (Lipinski definition) is 6. The molecular weight excluding hydrogens is 685 g/mol. The predicted molar refractivity (Wildman–Crippen MR) is 229 cm³/mol. The standard InChI is InChI=1S/C47H68N4O4/c1-13-15-17-19-21-28(3)54-46(52)24-40-32(7)44(50-36(40)11)26-42-30(5)38(34(9)48-42)23-39-31(6)43(49-35(39)10)27-45-33(8)41(37(12)51-45)25-47(53)55-29(4)22-20-18-16-14-2/h26-29,50-51H,13-25H2,1-12H3/b42-26-,43-27?/t28-,29-/m0/s1. The van der Waals surface area contributed by atoms with Crippen molar-refractivity contribution in [3.8, 4) is 0 Å². The van der Waals surface area contributed by atoms with Gasteiger partial charge in [0.15, 0.2) is 0 Å². The molecule has 4 heterocycles. The second-order valence-corrected chi connectivity index (χ2v) is 16.0. The van der Waals surface area contributed by atoms with Gasteiger partial charge in [-0.3, -0.25) is 19.6 Å². The molecule has 4 rings (SSSR count). The number of allylic oxidation sites excluding steroid dienone is 4. The van der Waals surface area contributed by atoms with E-state index < -0.39 is 0 Å². The van der Waals surface area contributed by atoms with Crippen LogP contribution < -0.4 is 0 Å². The Hall–Kier alpha value is -4.20. The Bertz CT molecular complexity index is 1770. The van der Waals surface area contributed by atoms with E-state index >= 15 is 0 Å². The number of nitrogens with one attached hydrogen (secondary N) is 2. The van der Waals surface area contributed by atoms with Gasteiger partial charge in [0, 0.05) is 40.6 Å². The highest BCUT2D eigenvalue weighted by atomic mass is 16.5. The maximum absolute atomic E-state index is 12.9. The molecule has 2 aliphatic heterocycles. The fraction of sp³-hybridized carbons (Fsp3) is 0.574. The van der Waals surface area contributed by atoms with E-state index in [1.807, 2.05) is 27.7 Å². The first-order chi connectivity index (χ1) is 26.1. The molecule has 2 aliphatic rings. The quantitative estimate of drug-likeness (QED) is 0.104. The van der Waals surface area contributed by atoms with E-state index in [9.17, 15) is 9.59 Å². The summed E-state index contributed by atoms with van der Waals surface area (Å²) in [7, 11) is 0. The first kappa shape index (κ1) is 43.5. The molecule has 8 nitrogen and oxygen atoms in total. The largest absolute Gasteiger partial charge is 0.462 e. The molecule has 0 aliphatic carbocycles. The van der Waals surface area contributed by atoms with Crippen LogP contribution >= 0.6 is 0 Å². The highest BCUT2D eigenvalue weighted by Gasteiger charge is 2.26. The number of aromatic nitrogens is 2. The minimum atomic E-state index is -0.175. The topological polar surface area (TPSA) is 109 Å². The lowest BCUT2D eigenvalue weighted by atomic mass is 9.93. The van der Waals surface area contributed by atoms with Gasteiger partial charge in [0.25, 0.3) is 0 Å². The van der Waals surface area contributed by atoms with Gasteiger partial charge in [-0.15, -0.1) is 0 Å². The summed E-state index contributed by atoms with van der Waals surface area (Å²) < 4.78 is 11.5. The Labute approximate surface area is 331 Å². The Kier molecular flexibility index (Phi) is 15.9. The number of H-pyrrole nitrogens is 2. The molecule has 0 bridgehead atoms. The van der Waals surface area contributed by atoms with Gasteiger partial charge in [0.05, 0.1) is 36.4 Å². The van der Waals surface area contributed by atoms with Crippen molar-refractivity contribution in [2.45, 2.75) is 179 Å². The fourth-order valence-corrected chi connectivity index (χ4v) is 7.87. The molecule has 2 aromatic rings. The molecule has 8 heteroatoms. The van der Waals surface area contributed by atoms with E-state index in [1.165, 1.54) is 49.7 Å². The van der Waals surface area contributed by atoms with Crippen molar-refractivity contribution >= 4 is 35.5 Å². The minimum Gasteiger partial charge on any atom is -0.462 e. The van der Waals surface area contributed by atoms with E-state index in [4.69, 9.17) is 19.5 Å². The van der Waals surface area contributed by atoms with Crippen molar-refractivity contribution in [3.63, 3.8) is 0 Å². The molecule has 55 heavy (non-hydrogen) atoms. The van der Waals surface area contributed by atoms with Crippen LogP contribution in [-0.4, -0.2) is 45.5 Å². The van der Waals surface area contributed by atoms with Crippen molar-refractivity contribution in [2.24, 2.45) is 9.98 Å². The van der Waals surface area contributed by atoms with Crippen LogP contribution in [0, 0.1) is 27.7 Å². The van der Waals surface area contributed by atoms with Crippen LogP contribution in [0.3, 0.4) is 0 Å². The summed E-state index contributed by atoms with van der Waals surface area (Å²) in [5.41, 5.74) is 16.6. The van der Waals surface area contributed by atoms with Crippen LogP contribution in [0.2, 0.25) is 0 Å². The van der Waals surface area contributed by atoms with Gasteiger partial charge in [-0.25, -0.2) is 0 Å². The van der Waals surface area contributed by atoms with Crippen LogP contribution in [0.4, 0.5) is 0 Å². The normalized spacial score (nSPS) is 17.1. The van der Waals surface area contributed by atoms with Crippen LogP contribution in [0.15, 0.2) is 43.7 Å². The first-order valence-electron chi connectivity index (χ1n) is 20.8. The third kappa shape index (κ3) is 11.4. The fourth-order valence-electron chi connectivity index (χ4n) is 7.87. The predicted octanol–water partition coefficient (Wildman–Crippen LogP) is 11.8. The number of carbonyl (C=O) groups is 2. The third-order valence-corrected chi connectivity index (χ3v) is 11.5. The number of hydrogen-bond donors (Lipinski definition) is 2. The molecule has 2 N–H and O–H groups in total. The van der Waals surface area contributed by atoms with Gasteiger partial charge < -0.3 is 19.4 Å². The van der Waals surface area contributed by atoms with Gasteiger partial charge in [-0.2, -0.15) is 0 Å². The average molecular weight is 753 g/mol. The lowest BCUT2D eigenvalue weighted by Gasteiger charge is -2.13. The zero-order chi connectivity index (χ0) is 40.4. The molecule has 0 radical (unpaired) electrons. The SMILES string of the molecule is CCCCCC[C@H](C)OC(=O)Cc1c(C)[nH]c(C=C2N=C(C)C(CC3=C(C)/C(=C/c4[nH]c(C)c(CC(=O)O[C@@H](C)CCCCCC)c4C)N=C3C)=C2C)c1C. The zero-order valence-corrected chi connectivity index (χ0v) is 36.0. The number of nitrogens with zero attached hydrogens (tertiary/aromatic N) is 2. The van der Waals surface area contributed by atoms with E-state index in [2.05, 4.69) is 77.5 Å². The molecule has 0 aromatic carbocycles. The summed E-state index contributed by atoms with van der Waals surface area (Å²) in [4.78, 5) is 42.8. The van der Waals surface area contributed by atoms with Crippen molar-refractivity contribution in [2.75, 3.05) is 0 Å². The molecule has 2 atom stereocenters. The molecule has 2 aromatic heterocycles. The minimum absolute atomic E-state index is 0.0676.